The Hall–Kier alpha value is -1.36. The molecule has 1 aromatic rings. The average molecular weight is 327 g/mol. The summed E-state index contributed by atoms with van der Waals surface area (Å²) in [7, 11) is 0. The van der Waals surface area contributed by atoms with E-state index in [-0.39, 0.29) is 23.1 Å². The van der Waals surface area contributed by atoms with Crippen LogP contribution in [-0.4, -0.2) is 23.2 Å². The van der Waals surface area contributed by atoms with Crippen LogP contribution >= 0.6 is 15.9 Å². The number of amides is 2. The van der Waals surface area contributed by atoms with E-state index < -0.39 is 0 Å². The molecule has 0 aliphatic rings. The fraction of sp³-hybridized carbons (Fsp3) is 0.429. The maximum Gasteiger partial charge on any atom is 0.233 e. The van der Waals surface area contributed by atoms with Gasteiger partial charge in [-0.05, 0) is 25.0 Å². The van der Waals surface area contributed by atoms with E-state index in [1.54, 1.807) is 0 Å². The zero-order valence-electron chi connectivity index (χ0n) is 11.2. The van der Waals surface area contributed by atoms with Crippen LogP contribution in [-0.2, 0) is 9.59 Å². The molecule has 0 spiro atoms. The van der Waals surface area contributed by atoms with Gasteiger partial charge in [-0.25, -0.2) is 0 Å². The van der Waals surface area contributed by atoms with Crippen molar-refractivity contribution in [1.29, 1.82) is 0 Å². The minimum atomic E-state index is -0.188. The van der Waals surface area contributed by atoms with Crippen molar-refractivity contribution in [3.63, 3.8) is 0 Å². The maximum absolute atomic E-state index is 11.7. The smallest absolute Gasteiger partial charge is 0.233 e. The Labute approximate surface area is 122 Å². The third-order valence-corrected chi connectivity index (χ3v) is 3.78. The molecular formula is C14H19BrN2O2. The standard InChI is InChI=1S/C14H19BrN2O2/c1-3-11(15)14(19)16-9-8-13(18)17-12-7-5-4-6-10(12)2/h4-7,11H,3,8-9H2,1-2H3,(H,16,19)(H,17,18). The number of halogens is 1. The van der Waals surface area contributed by atoms with E-state index in [1.807, 2.05) is 38.1 Å². The van der Waals surface area contributed by atoms with Gasteiger partial charge in [0.2, 0.25) is 11.8 Å². The van der Waals surface area contributed by atoms with E-state index in [4.69, 9.17) is 0 Å². The van der Waals surface area contributed by atoms with E-state index in [0.29, 0.717) is 6.54 Å². The second-order valence-corrected chi connectivity index (χ2v) is 5.39. The van der Waals surface area contributed by atoms with E-state index in [0.717, 1.165) is 17.7 Å². The Kier molecular flexibility index (Phi) is 6.56. The molecule has 0 bridgehead atoms. The highest BCUT2D eigenvalue weighted by atomic mass is 79.9. The zero-order chi connectivity index (χ0) is 14.3. The van der Waals surface area contributed by atoms with Crippen LogP contribution in [0.5, 0.6) is 0 Å². The molecule has 0 aliphatic heterocycles. The molecule has 2 amide bonds. The van der Waals surface area contributed by atoms with Gasteiger partial charge in [-0.15, -0.1) is 0 Å². The van der Waals surface area contributed by atoms with Crippen molar-refractivity contribution in [1.82, 2.24) is 5.32 Å². The lowest BCUT2D eigenvalue weighted by molar-refractivity contribution is -0.120. The van der Waals surface area contributed by atoms with Gasteiger partial charge in [0.15, 0.2) is 0 Å². The van der Waals surface area contributed by atoms with Crippen LogP contribution < -0.4 is 10.6 Å². The molecule has 5 heteroatoms. The number of aryl methyl sites for hydroxylation is 1. The molecule has 0 saturated heterocycles. The van der Waals surface area contributed by atoms with E-state index >= 15 is 0 Å². The molecule has 0 aliphatic carbocycles. The molecule has 1 aromatic carbocycles. The minimum absolute atomic E-state index is 0.0776. The van der Waals surface area contributed by atoms with Gasteiger partial charge in [0.25, 0.3) is 0 Å². The third-order valence-electron chi connectivity index (χ3n) is 2.71. The number of nitrogens with one attached hydrogen (secondary N) is 2. The van der Waals surface area contributed by atoms with Crippen molar-refractivity contribution < 1.29 is 9.59 Å². The summed E-state index contributed by atoms with van der Waals surface area (Å²) in [6, 6.07) is 7.60. The largest absolute Gasteiger partial charge is 0.355 e. The van der Waals surface area contributed by atoms with Gasteiger partial charge in [0.05, 0.1) is 4.83 Å². The first kappa shape index (κ1) is 15.7. The normalized spacial score (nSPS) is 11.7. The molecule has 2 N–H and O–H groups in total. The molecule has 104 valence electrons. The fourth-order valence-corrected chi connectivity index (χ4v) is 1.68. The third kappa shape index (κ3) is 5.42. The van der Waals surface area contributed by atoms with E-state index in [1.165, 1.54) is 0 Å². The Morgan fingerprint density at radius 2 is 2.00 bits per heavy atom. The lowest BCUT2D eigenvalue weighted by Crippen LogP contribution is -2.33. The summed E-state index contributed by atoms with van der Waals surface area (Å²) in [5.74, 6) is -0.177. The number of carbonyl (C=O) groups excluding carboxylic acids is 2. The molecule has 4 nitrogen and oxygen atoms in total. The van der Waals surface area contributed by atoms with Crippen molar-refractivity contribution in [2.24, 2.45) is 0 Å². The summed E-state index contributed by atoms with van der Waals surface area (Å²) in [5.41, 5.74) is 1.83. The fourth-order valence-electron chi connectivity index (χ4n) is 1.52. The quantitative estimate of drug-likeness (QED) is 0.789. The van der Waals surface area contributed by atoms with E-state index in [9.17, 15) is 9.59 Å². The molecule has 1 rings (SSSR count). The highest BCUT2D eigenvalue weighted by molar-refractivity contribution is 9.10. The molecule has 19 heavy (non-hydrogen) atoms. The molecule has 0 radical (unpaired) electrons. The average Bonchev–Trinajstić information content (AvgIpc) is 2.40. The zero-order valence-corrected chi connectivity index (χ0v) is 12.8. The Morgan fingerprint density at radius 1 is 1.32 bits per heavy atom. The Morgan fingerprint density at radius 3 is 2.63 bits per heavy atom. The van der Waals surface area contributed by atoms with Gasteiger partial charge in [-0.3, -0.25) is 9.59 Å². The number of carbonyl (C=O) groups is 2. The Balaban J connectivity index is 2.33. The van der Waals surface area contributed by atoms with Gasteiger partial charge in [-0.2, -0.15) is 0 Å². The number of anilines is 1. The first-order valence-corrected chi connectivity index (χ1v) is 7.23. The summed E-state index contributed by atoms with van der Waals surface area (Å²) < 4.78 is 0. The van der Waals surface area contributed by atoms with Crippen LogP contribution in [0.15, 0.2) is 24.3 Å². The summed E-state index contributed by atoms with van der Waals surface area (Å²) in [6.45, 7) is 4.20. The second kappa shape index (κ2) is 7.94. The first-order chi connectivity index (χ1) is 9.04. The van der Waals surface area contributed by atoms with Crippen LogP contribution in [0.3, 0.4) is 0 Å². The van der Waals surface area contributed by atoms with Crippen molar-refractivity contribution in [2.45, 2.75) is 31.5 Å². The molecule has 1 atom stereocenters. The van der Waals surface area contributed by atoms with Gasteiger partial charge >= 0.3 is 0 Å². The van der Waals surface area contributed by atoms with Crippen LogP contribution in [0, 0.1) is 6.92 Å². The monoisotopic (exact) mass is 326 g/mol. The van der Waals surface area contributed by atoms with Crippen molar-refractivity contribution in [2.75, 3.05) is 11.9 Å². The summed E-state index contributed by atoms with van der Waals surface area (Å²) >= 11 is 3.26. The highest BCUT2D eigenvalue weighted by Crippen LogP contribution is 2.13. The van der Waals surface area contributed by atoms with Crippen LogP contribution in [0.1, 0.15) is 25.3 Å². The lowest BCUT2D eigenvalue weighted by atomic mass is 10.2. The first-order valence-electron chi connectivity index (χ1n) is 6.31. The van der Waals surface area contributed by atoms with E-state index in [2.05, 4.69) is 26.6 Å². The predicted molar refractivity (Wildman–Crippen MR) is 80.4 cm³/mol. The number of benzene rings is 1. The molecule has 0 fully saturated rings. The number of hydrogen-bond acceptors (Lipinski definition) is 2. The Bertz CT molecular complexity index is 449. The highest BCUT2D eigenvalue weighted by Gasteiger charge is 2.12. The molecule has 0 heterocycles. The van der Waals surface area contributed by atoms with Crippen LogP contribution in [0.25, 0.3) is 0 Å². The van der Waals surface area contributed by atoms with Crippen molar-refractivity contribution in [3.8, 4) is 0 Å². The summed E-state index contributed by atoms with van der Waals surface area (Å²) in [6.07, 6.45) is 0.991. The molecular weight excluding hydrogens is 308 g/mol. The number of para-hydroxylation sites is 1. The van der Waals surface area contributed by atoms with Gasteiger partial charge in [0.1, 0.15) is 0 Å². The number of hydrogen-bond donors (Lipinski definition) is 2. The van der Waals surface area contributed by atoms with Gasteiger partial charge in [-0.1, -0.05) is 41.1 Å². The van der Waals surface area contributed by atoms with Gasteiger partial charge in [0, 0.05) is 18.7 Å². The predicted octanol–water partition coefficient (Wildman–Crippen LogP) is 2.61. The number of rotatable bonds is 6. The second-order valence-electron chi connectivity index (χ2n) is 4.28. The van der Waals surface area contributed by atoms with Crippen molar-refractivity contribution >= 4 is 33.4 Å². The minimum Gasteiger partial charge on any atom is -0.355 e. The lowest BCUT2D eigenvalue weighted by Gasteiger charge is -2.10. The summed E-state index contributed by atoms with van der Waals surface area (Å²) in [5, 5.41) is 5.54. The maximum atomic E-state index is 11.7. The van der Waals surface area contributed by atoms with Gasteiger partial charge < -0.3 is 10.6 Å². The SMILES string of the molecule is CCC(Br)C(=O)NCCC(=O)Nc1ccccc1C. The van der Waals surface area contributed by atoms with Crippen LogP contribution in [0.4, 0.5) is 5.69 Å². The molecule has 0 saturated carbocycles. The van der Waals surface area contributed by atoms with Crippen LogP contribution in [0.2, 0.25) is 0 Å². The summed E-state index contributed by atoms with van der Waals surface area (Å²) in [4.78, 5) is 23.0. The topological polar surface area (TPSA) is 58.2 Å². The number of alkyl halides is 1. The van der Waals surface area contributed by atoms with Crippen molar-refractivity contribution in [3.05, 3.63) is 29.8 Å². The molecule has 1 unspecified atom stereocenters. The molecule has 0 aromatic heterocycles.